The lowest BCUT2D eigenvalue weighted by Gasteiger charge is -2.09. The molecule has 1 rings (SSSR count). The summed E-state index contributed by atoms with van der Waals surface area (Å²) in [6, 6.07) is 4.38. The van der Waals surface area contributed by atoms with Crippen molar-refractivity contribution in [2.45, 2.75) is 20.0 Å². The van der Waals surface area contributed by atoms with Crippen molar-refractivity contribution >= 4 is 29.3 Å². The highest BCUT2D eigenvalue weighted by atomic mass is 35.5. The van der Waals surface area contributed by atoms with Gasteiger partial charge in [0, 0.05) is 0 Å². The summed E-state index contributed by atoms with van der Waals surface area (Å²) in [5.74, 6) is -0.539. The van der Waals surface area contributed by atoms with Crippen LogP contribution in [0.5, 0.6) is 0 Å². The highest BCUT2D eigenvalue weighted by molar-refractivity contribution is 6.33. The molecule has 0 atom stereocenters. The largest absolute Gasteiger partial charge is 0.459 e. The van der Waals surface area contributed by atoms with Crippen LogP contribution in [-0.4, -0.2) is 18.2 Å². The van der Waals surface area contributed by atoms with Gasteiger partial charge in [0.25, 0.3) is 0 Å². The van der Waals surface area contributed by atoms with Crippen molar-refractivity contribution in [2.75, 3.05) is 0 Å². The normalized spacial score (nSPS) is 9.75. The second-order valence-electron chi connectivity index (χ2n) is 3.32. The molecule has 0 aromatic heterocycles. The van der Waals surface area contributed by atoms with Gasteiger partial charge in [0.05, 0.1) is 22.4 Å². The average Bonchev–Trinajstić information content (AvgIpc) is 2.20. The van der Waals surface area contributed by atoms with Gasteiger partial charge in [-0.1, -0.05) is 11.6 Å². The summed E-state index contributed by atoms with van der Waals surface area (Å²) in [7, 11) is 0. The fourth-order valence-electron chi connectivity index (χ4n) is 1.07. The molecule has 5 heteroatoms. The third-order valence-electron chi connectivity index (χ3n) is 1.69. The van der Waals surface area contributed by atoms with Crippen molar-refractivity contribution in [3.05, 3.63) is 28.8 Å². The second kappa shape index (κ2) is 5.45. The van der Waals surface area contributed by atoms with Crippen molar-refractivity contribution in [3.63, 3.8) is 0 Å². The molecule has 0 radical (unpaired) electrons. The fraction of sp³-hybridized carbons (Fsp3) is 0.273. The number of halogens is 1. The molecule has 0 N–H and O–H groups in total. The standard InChI is InChI=1S/C11H10ClNO3/c1-7(2)16-11(15)9-5-8(13-6-14)3-4-10(9)12/h3-5,7H,1-2H3. The zero-order valence-corrected chi connectivity index (χ0v) is 9.62. The highest BCUT2D eigenvalue weighted by Crippen LogP contribution is 2.23. The van der Waals surface area contributed by atoms with Crippen molar-refractivity contribution in [1.82, 2.24) is 0 Å². The molecule has 0 aliphatic carbocycles. The van der Waals surface area contributed by atoms with Gasteiger partial charge in [0.1, 0.15) is 0 Å². The summed E-state index contributed by atoms with van der Waals surface area (Å²) in [5, 5.41) is 0.260. The summed E-state index contributed by atoms with van der Waals surface area (Å²) in [6.45, 7) is 3.47. The summed E-state index contributed by atoms with van der Waals surface area (Å²) < 4.78 is 4.99. The summed E-state index contributed by atoms with van der Waals surface area (Å²) in [4.78, 5) is 25.1. The van der Waals surface area contributed by atoms with Crippen LogP contribution in [0.1, 0.15) is 24.2 Å². The van der Waals surface area contributed by atoms with E-state index in [-0.39, 0.29) is 16.7 Å². The van der Waals surface area contributed by atoms with Gasteiger partial charge in [0.2, 0.25) is 6.08 Å². The molecule has 0 aliphatic heterocycles. The van der Waals surface area contributed by atoms with Gasteiger partial charge in [-0.2, -0.15) is 4.99 Å². The maximum Gasteiger partial charge on any atom is 0.339 e. The fourth-order valence-corrected chi connectivity index (χ4v) is 1.26. The molecule has 1 aromatic carbocycles. The Kier molecular flexibility index (Phi) is 4.23. The Morgan fingerprint density at radius 1 is 1.50 bits per heavy atom. The van der Waals surface area contributed by atoms with Gasteiger partial charge >= 0.3 is 5.97 Å². The molecule has 0 spiro atoms. The van der Waals surface area contributed by atoms with Crippen LogP contribution in [0.4, 0.5) is 5.69 Å². The molecule has 0 fully saturated rings. The number of hydrogen-bond acceptors (Lipinski definition) is 4. The van der Waals surface area contributed by atoms with E-state index in [4.69, 9.17) is 16.3 Å². The van der Waals surface area contributed by atoms with Crippen LogP contribution < -0.4 is 0 Å². The minimum atomic E-state index is -0.539. The first-order valence-corrected chi connectivity index (χ1v) is 5.00. The van der Waals surface area contributed by atoms with E-state index in [0.29, 0.717) is 5.69 Å². The number of carbonyl (C=O) groups excluding carboxylic acids is 2. The van der Waals surface area contributed by atoms with E-state index in [0.717, 1.165) is 0 Å². The minimum Gasteiger partial charge on any atom is -0.459 e. The molecule has 0 saturated carbocycles. The SMILES string of the molecule is CC(C)OC(=O)c1cc(N=C=O)ccc1Cl. The molecular formula is C11H10ClNO3. The monoisotopic (exact) mass is 239 g/mol. The minimum absolute atomic E-state index is 0.187. The molecule has 0 aliphatic rings. The Morgan fingerprint density at radius 3 is 2.75 bits per heavy atom. The van der Waals surface area contributed by atoms with Crippen LogP contribution in [0.3, 0.4) is 0 Å². The van der Waals surface area contributed by atoms with E-state index in [1.165, 1.54) is 24.3 Å². The lowest BCUT2D eigenvalue weighted by Crippen LogP contribution is -2.11. The van der Waals surface area contributed by atoms with E-state index >= 15 is 0 Å². The Labute approximate surface area is 97.9 Å². The molecule has 1 aromatic rings. The van der Waals surface area contributed by atoms with Gasteiger partial charge in [-0.05, 0) is 32.0 Å². The predicted octanol–water partition coefficient (Wildman–Crippen LogP) is 2.87. The second-order valence-corrected chi connectivity index (χ2v) is 3.73. The van der Waals surface area contributed by atoms with Crippen LogP contribution in [0.25, 0.3) is 0 Å². The van der Waals surface area contributed by atoms with Gasteiger partial charge < -0.3 is 4.74 Å². The van der Waals surface area contributed by atoms with Gasteiger partial charge in [-0.15, -0.1) is 0 Å². The van der Waals surface area contributed by atoms with Crippen molar-refractivity contribution in [2.24, 2.45) is 4.99 Å². The zero-order chi connectivity index (χ0) is 12.1. The Hall–Kier alpha value is -1.64. The molecule has 0 unspecified atom stereocenters. The van der Waals surface area contributed by atoms with Crippen molar-refractivity contribution < 1.29 is 14.3 Å². The van der Waals surface area contributed by atoms with Gasteiger partial charge in [-0.3, -0.25) is 0 Å². The van der Waals surface area contributed by atoms with Crippen LogP contribution >= 0.6 is 11.6 Å². The highest BCUT2D eigenvalue weighted by Gasteiger charge is 2.13. The van der Waals surface area contributed by atoms with E-state index in [2.05, 4.69) is 4.99 Å². The van der Waals surface area contributed by atoms with E-state index < -0.39 is 5.97 Å². The summed E-state index contributed by atoms with van der Waals surface area (Å²) >= 11 is 5.83. The lowest BCUT2D eigenvalue weighted by atomic mass is 10.2. The first kappa shape index (κ1) is 12.4. The quantitative estimate of drug-likeness (QED) is 0.463. The average molecular weight is 240 g/mol. The van der Waals surface area contributed by atoms with E-state index in [9.17, 15) is 9.59 Å². The Bertz CT molecular complexity index is 451. The summed E-state index contributed by atoms with van der Waals surface area (Å²) in [5.41, 5.74) is 0.502. The number of nitrogens with zero attached hydrogens (tertiary/aromatic N) is 1. The van der Waals surface area contributed by atoms with Crippen LogP contribution in [0.2, 0.25) is 5.02 Å². The predicted molar refractivity (Wildman–Crippen MR) is 59.8 cm³/mol. The molecule has 84 valence electrons. The molecule has 16 heavy (non-hydrogen) atoms. The van der Waals surface area contributed by atoms with Gasteiger partial charge in [-0.25, -0.2) is 9.59 Å². The zero-order valence-electron chi connectivity index (χ0n) is 8.86. The lowest BCUT2D eigenvalue weighted by molar-refractivity contribution is 0.0378. The molecule has 0 saturated heterocycles. The third-order valence-corrected chi connectivity index (χ3v) is 2.02. The third kappa shape index (κ3) is 3.19. The maximum absolute atomic E-state index is 11.6. The first-order chi connectivity index (χ1) is 7.54. The van der Waals surface area contributed by atoms with Gasteiger partial charge in [0.15, 0.2) is 0 Å². The topological polar surface area (TPSA) is 55.7 Å². The maximum atomic E-state index is 11.6. The molecule has 4 nitrogen and oxygen atoms in total. The van der Waals surface area contributed by atoms with Crippen LogP contribution in [-0.2, 0) is 9.53 Å². The molecule has 0 bridgehead atoms. The number of hydrogen-bond donors (Lipinski definition) is 0. The van der Waals surface area contributed by atoms with Crippen molar-refractivity contribution in [3.8, 4) is 0 Å². The number of benzene rings is 1. The molecule has 0 amide bonds. The van der Waals surface area contributed by atoms with Crippen LogP contribution in [0, 0.1) is 0 Å². The smallest absolute Gasteiger partial charge is 0.339 e. The van der Waals surface area contributed by atoms with E-state index in [1.807, 2.05) is 0 Å². The number of ether oxygens (including phenoxy) is 1. The number of esters is 1. The molecular weight excluding hydrogens is 230 g/mol. The van der Waals surface area contributed by atoms with Crippen molar-refractivity contribution in [1.29, 1.82) is 0 Å². The van der Waals surface area contributed by atoms with E-state index in [1.54, 1.807) is 13.8 Å². The van der Waals surface area contributed by atoms with Crippen LogP contribution in [0.15, 0.2) is 23.2 Å². The number of aliphatic imine (C=N–C) groups is 1. The number of isocyanates is 1. The Morgan fingerprint density at radius 2 is 2.19 bits per heavy atom. The summed E-state index contributed by atoms with van der Waals surface area (Å²) in [6.07, 6.45) is 1.16. The first-order valence-electron chi connectivity index (χ1n) is 4.63. The number of rotatable bonds is 3. The molecule has 0 heterocycles. The Balaban J connectivity index is 3.06. The number of carbonyl (C=O) groups is 1.